The average molecular weight is 377 g/mol. The minimum atomic E-state index is -0.540. The minimum absolute atomic E-state index is 0.167. The predicted octanol–water partition coefficient (Wildman–Crippen LogP) is 3.18. The fourth-order valence-corrected chi connectivity index (χ4v) is 3.10. The Hall–Kier alpha value is -3.66. The van der Waals surface area contributed by atoms with E-state index < -0.39 is 4.92 Å². The molecule has 3 aromatic heterocycles. The van der Waals surface area contributed by atoms with Gasteiger partial charge in [0.05, 0.1) is 4.92 Å². The fourth-order valence-electron chi connectivity index (χ4n) is 2.37. The lowest BCUT2D eigenvalue weighted by atomic mass is 10.2. The Morgan fingerprint density at radius 2 is 1.74 bits per heavy atom. The highest BCUT2D eigenvalue weighted by molar-refractivity contribution is 7.99. The minimum Gasteiger partial charge on any atom is -0.270 e. The summed E-state index contributed by atoms with van der Waals surface area (Å²) in [5.41, 5.74) is 1.51. The van der Waals surface area contributed by atoms with Crippen LogP contribution >= 0.6 is 11.8 Å². The molecule has 10 heteroatoms. The quantitative estimate of drug-likeness (QED) is 0.296. The Balaban J connectivity index is 1.77. The van der Waals surface area contributed by atoms with E-state index in [1.165, 1.54) is 24.2 Å². The molecule has 3 heterocycles. The van der Waals surface area contributed by atoms with Crippen molar-refractivity contribution in [3.63, 3.8) is 0 Å². The van der Waals surface area contributed by atoms with Gasteiger partial charge in [0.25, 0.3) is 0 Å². The first kappa shape index (κ1) is 16.8. The van der Waals surface area contributed by atoms with Gasteiger partial charge in [-0.25, -0.2) is 9.97 Å². The molecule has 0 spiro atoms. The van der Waals surface area contributed by atoms with E-state index in [4.69, 9.17) is 0 Å². The molecule has 0 aliphatic heterocycles. The van der Waals surface area contributed by atoms with Crippen LogP contribution < -0.4 is 0 Å². The molecule has 0 radical (unpaired) electrons. The maximum atomic E-state index is 10.8. The van der Waals surface area contributed by atoms with Gasteiger partial charge in [-0.1, -0.05) is 18.2 Å². The van der Waals surface area contributed by atoms with E-state index in [0.717, 1.165) is 11.3 Å². The maximum Gasteiger partial charge on any atom is 0.305 e. The van der Waals surface area contributed by atoms with Crippen LogP contribution in [0.2, 0.25) is 0 Å². The highest BCUT2D eigenvalue weighted by Crippen LogP contribution is 2.30. The van der Waals surface area contributed by atoms with Gasteiger partial charge in [-0.2, -0.15) is 0 Å². The van der Waals surface area contributed by atoms with E-state index in [1.54, 1.807) is 12.4 Å². The Morgan fingerprint density at radius 1 is 0.963 bits per heavy atom. The third-order valence-corrected chi connectivity index (χ3v) is 4.42. The molecule has 0 saturated carbocycles. The zero-order valence-electron chi connectivity index (χ0n) is 13.7. The molecular weight excluding hydrogens is 366 g/mol. The molecule has 4 rings (SSSR count). The third kappa shape index (κ3) is 3.51. The van der Waals surface area contributed by atoms with Gasteiger partial charge in [-0.3, -0.25) is 19.7 Å². The summed E-state index contributed by atoms with van der Waals surface area (Å²) in [7, 11) is 0. The molecule has 27 heavy (non-hydrogen) atoms. The van der Waals surface area contributed by atoms with Crippen LogP contribution in [0.3, 0.4) is 0 Å². The SMILES string of the molecule is O=[N+]([O-])c1cnc(Sc2nnc(-c3cccnc3)n2-c2ccccc2)nc1. The number of pyridine rings is 1. The summed E-state index contributed by atoms with van der Waals surface area (Å²) in [5.74, 6) is 0.624. The first-order valence-electron chi connectivity index (χ1n) is 7.78. The first-order chi connectivity index (χ1) is 13.2. The lowest BCUT2D eigenvalue weighted by molar-refractivity contribution is -0.385. The van der Waals surface area contributed by atoms with E-state index >= 15 is 0 Å². The lowest BCUT2D eigenvalue weighted by Gasteiger charge is -2.09. The van der Waals surface area contributed by atoms with E-state index in [0.29, 0.717) is 16.1 Å². The van der Waals surface area contributed by atoms with Gasteiger partial charge in [-0.15, -0.1) is 10.2 Å². The molecular formula is C17H11N7O2S. The molecule has 0 N–H and O–H groups in total. The van der Waals surface area contributed by atoms with Crippen LogP contribution in [0.1, 0.15) is 0 Å². The van der Waals surface area contributed by atoms with E-state index in [2.05, 4.69) is 25.1 Å². The summed E-state index contributed by atoms with van der Waals surface area (Å²) in [6.45, 7) is 0. The highest BCUT2D eigenvalue weighted by atomic mass is 32.2. The van der Waals surface area contributed by atoms with Crippen molar-refractivity contribution in [1.29, 1.82) is 0 Å². The van der Waals surface area contributed by atoms with Crippen molar-refractivity contribution in [3.8, 4) is 17.1 Å². The number of nitrogens with zero attached hydrogens (tertiary/aromatic N) is 7. The van der Waals surface area contributed by atoms with Crippen LogP contribution in [-0.2, 0) is 0 Å². The number of hydrogen-bond acceptors (Lipinski definition) is 8. The topological polar surface area (TPSA) is 113 Å². The number of aromatic nitrogens is 6. The van der Waals surface area contributed by atoms with Gasteiger partial charge in [0.15, 0.2) is 11.0 Å². The Morgan fingerprint density at radius 3 is 2.41 bits per heavy atom. The number of benzene rings is 1. The average Bonchev–Trinajstić information content (AvgIpc) is 3.13. The van der Waals surface area contributed by atoms with Gasteiger partial charge < -0.3 is 0 Å². The van der Waals surface area contributed by atoms with Gasteiger partial charge in [0.2, 0.25) is 5.16 Å². The smallest absolute Gasteiger partial charge is 0.270 e. The van der Waals surface area contributed by atoms with E-state index in [1.807, 2.05) is 47.0 Å². The van der Waals surface area contributed by atoms with E-state index in [9.17, 15) is 10.1 Å². The van der Waals surface area contributed by atoms with Crippen LogP contribution in [0.25, 0.3) is 17.1 Å². The van der Waals surface area contributed by atoms with Gasteiger partial charge in [0.1, 0.15) is 12.4 Å². The van der Waals surface area contributed by atoms with Crippen molar-refractivity contribution in [2.45, 2.75) is 10.3 Å². The van der Waals surface area contributed by atoms with Crippen LogP contribution in [0.15, 0.2) is 77.6 Å². The number of nitro groups is 1. The third-order valence-electron chi connectivity index (χ3n) is 3.58. The standard InChI is InChI=1S/C17H11N7O2S/c25-24(26)14-10-19-16(20-11-14)27-17-22-21-15(12-5-4-8-18-9-12)23(17)13-6-2-1-3-7-13/h1-11H. The fraction of sp³-hybridized carbons (Fsp3) is 0. The first-order valence-corrected chi connectivity index (χ1v) is 8.59. The second kappa shape index (κ2) is 7.30. The van der Waals surface area contributed by atoms with Crippen molar-refractivity contribution in [1.82, 2.24) is 29.7 Å². The molecule has 0 aliphatic rings. The number of hydrogen-bond donors (Lipinski definition) is 0. The predicted molar refractivity (Wildman–Crippen MR) is 97.4 cm³/mol. The monoisotopic (exact) mass is 377 g/mol. The number of rotatable bonds is 5. The lowest BCUT2D eigenvalue weighted by Crippen LogP contribution is -2.00. The largest absolute Gasteiger partial charge is 0.305 e. The molecule has 132 valence electrons. The summed E-state index contributed by atoms with van der Waals surface area (Å²) >= 11 is 1.17. The molecule has 0 amide bonds. The van der Waals surface area contributed by atoms with Crippen molar-refractivity contribution < 1.29 is 4.92 Å². The molecule has 0 fully saturated rings. The van der Waals surface area contributed by atoms with Crippen molar-refractivity contribution in [3.05, 3.63) is 77.4 Å². The van der Waals surface area contributed by atoms with Gasteiger partial charge >= 0.3 is 5.69 Å². The second-order valence-electron chi connectivity index (χ2n) is 5.30. The zero-order chi connectivity index (χ0) is 18.6. The van der Waals surface area contributed by atoms with Gasteiger partial charge in [-0.05, 0) is 36.0 Å². The Kier molecular flexibility index (Phi) is 4.54. The molecule has 9 nitrogen and oxygen atoms in total. The molecule has 0 aliphatic carbocycles. The Labute approximate surface area is 157 Å². The molecule has 0 unspecified atom stereocenters. The van der Waals surface area contributed by atoms with Gasteiger partial charge in [0, 0.05) is 23.6 Å². The molecule has 4 aromatic rings. The van der Waals surface area contributed by atoms with E-state index in [-0.39, 0.29) is 5.69 Å². The van der Waals surface area contributed by atoms with Crippen molar-refractivity contribution >= 4 is 17.4 Å². The van der Waals surface area contributed by atoms with Crippen molar-refractivity contribution in [2.75, 3.05) is 0 Å². The number of para-hydroxylation sites is 1. The summed E-state index contributed by atoms with van der Waals surface area (Å²) < 4.78 is 1.87. The van der Waals surface area contributed by atoms with Crippen LogP contribution in [0, 0.1) is 10.1 Å². The highest BCUT2D eigenvalue weighted by Gasteiger charge is 2.18. The summed E-state index contributed by atoms with van der Waals surface area (Å²) in [6.07, 6.45) is 5.73. The summed E-state index contributed by atoms with van der Waals surface area (Å²) in [4.78, 5) is 22.4. The molecule has 0 atom stereocenters. The molecule has 0 saturated heterocycles. The summed E-state index contributed by atoms with van der Waals surface area (Å²) in [6, 6.07) is 13.3. The molecule has 1 aromatic carbocycles. The molecule has 0 bridgehead atoms. The second-order valence-corrected chi connectivity index (χ2v) is 6.24. The van der Waals surface area contributed by atoms with Crippen molar-refractivity contribution in [2.24, 2.45) is 0 Å². The van der Waals surface area contributed by atoms with Crippen LogP contribution in [0.5, 0.6) is 0 Å². The maximum absolute atomic E-state index is 10.8. The Bertz CT molecular complexity index is 1070. The van der Waals surface area contributed by atoms with Crippen LogP contribution in [0.4, 0.5) is 5.69 Å². The zero-order valence-corrected chi connectivity index (χ0v) is 14.5. The normalized spacial score (nSPS) is 10.7. The summed E-state index contributed by atoms with van der Waals surface area (Å²) in [5, 5.41) is 20.2. The van der Waals surface area contributed by atoms with Crippen LogP contribution in [-0.4, -0.2) is 34.6 Å².